The molecule has 0 fully saturated rings. The molecule has 0 spiro atoms. The normalized spacial score (nSPS) is 10.6. The lowest BCUT2D eigenvalue weighted by molar-refractivity contribution is -0.137. The van der Waals surface area contributed by atoms with Crippen molar-refractivity contribution in [3.63, 3.8) is 0 Å². The number of unbranched alkanes of at least 4 members (excludes halogenated alkanes) is 1. The number of carboxylic acids is 1. The number of nitrogens with zero attached hydrogens (tertiary/aromatic N) is 3. The molecule has 0 atom stereocenters. The van der Waals surface area contributed by atoms with Gasteiger partial charge in [0.05, 0.1) is 12.7 Å². The van der Waals surface area contributed by atoms with Crippen LogP contribution in [-0.2, 0) is 17.9 Å². The molecule has 0 aromatic carbocycles. The van der Waals surface area contributed by atoms with E-state index in [-0.39, 0.29) is 19.1 Å². The first-order chi connectivity index (χ1) is 9.97. The summed E-state index contributed by atoms with van der Waals surface area (Å²) in [6, 6.07) is -0.257. The van der Waals surface area contributed by atoms with Crippen LogP contribution in [0.1, 0.15) is 38.8 Å². The van der Waals surface area contributed by atoms with Crippen molar-refractivity contribution in [2.75, 3.05) is 6.54 Å². The molecule has 0 aliphatic heterocycles. The quantitative estimate of drug-likeness (QED) is 0.589. The lowest BCUT2D eigenvalue weighted by Gasteiger charge is -2.07. The number of amides is 2. The number of rotatable bonds is 9. The van der Waals surface area contributed by atoms with Gasteiger partial charge < -0.3 is 15.7 Å². The van der Waals surface area contributed by atoms with Crippen molar-refractivity contribution in [2.45, 2.75) is 46.2 Å². The number of nitrogens with one attached hydrogen (secondary N) is 2. The Labute approximate surface area is 123 Å². The van der Waals surface area contributed by atoms with Crippen molar-refractivity contribution in [1.82, 2.24) is 25.6 Å². The molecule has 1 aromatic heterocycles. The van der Waals surface area contributed by atoms with Gasteiger partial charge in [-0.3, -0.25) is 4.79 Å². The average Bonchev–Trinajstić information content (AvgIpc) is 2.82. The summed E-state index contributed by atoms with van der Waals surface area (Å²) in [5.41, 5.74) is 0.520. The molecule has 2 amide bonds. The smallest absolute Gasteiger partial charge is 0.325 e. The van der Waals surface area contributed by atoms with Gasteiger partial charge in [-0.2, -0.15) is 0 Å². The lowest BCUT2D eigenvalue weighted by atomic mass is 10.1. The zero-order valence-electron chi connectivity index (χ0n) is 12.5. The summed E-state index contributed by atoms with van der Waals surface area (Å²) in [6.07, 6.45) is 4.72. The number of carboxylic acid groups (broad SMARTS) is 1. The molecule has 8 heteroatoms. The van der Waals surface area contributed by atoms with Crippen molar-refractivity contribution >= 4 is 12.0 Å². The first-order valence-corrected chi connectivity index (χ1v) is 7.10. The van der Waals surface area contributed by atoms with Gasteiger partial charge in [-0.1, -0.05) is 31.9 Å². The lowest BCUT2D eigenvalue weighted by Crippen LogP contribution is -2.35. The Kier molecular flexibility index (Phi) is 7.20. The molecular weight excluding hydrogens is 274 g/mol. The zero-order valence-corrected chi connectivity index (χ0v) is 12.5. The van der Waals surface area contributed by atoms with Gasteiger partial charge in [-0.15, -0.1) is 5.10 Å². The van der Waals surface area contributed by atoms with Gasteiger partial charge in [0.15, 0.2) is 0 Å². The number of aliphatic carboxylic acids is 1. The van der Waals surface area contributed by atoms with Crippen molar-refractivity contribution < 1.29 is 14.7 Å². The first kappa shape index (κ1) is 16.9. The Morgan fingerprint density at radius 1 is 1.33 bits per heavy atom. The highest BCUT2D eigenvalue weighted by atomic mass is 16.4. The van der Waals surface area contributed by atoms with E-state index in [4.69, 9.17) is 5.11 Å². The van der Waals surface area contributed by atoms with Crippen LogP contribution in [0.15, 0.2) is 6.20 Å². The second-order valence-electron chi connectivity index (χ2n) is 5.30. The Bertz CT molecular complexity index is 458. The summed E-state index contributed by atoms with van der Waals surface area (Å²) in [5.74, 6) is -0.300. The Morgan fingerprint density at radius 3 is 2.76 bits per heavy atom. The average molecular weight is 297 g/mol. The van der Waals surface area contributed by atoms with Gasteiger partial charge in [0.1, 0.15) is 12.2 Å². The van der Waals surface area contributed by atoms with E-state index in [1.807, 2.05) is 0 Å². The van der Waals surface area contributed by atoms with Crippen LogP contribution in [0.3, 0.4) is 0 Å². The maximum atomic E-state index is 11.5. The molecule has 0 aliphatic carbocycles. The van der Waals surface area contributed by atoms with Crippen LogP contribution in [0, 0.1) is 5.92 Å². The van der Waals surface area contributed by atoms with Crippen LogP contribution < -0.4 is 10.6 Å². The van der Waals surface area contributed by atoms with Gasteiger partial charge in [0.25, 0.3) is 0 Å². The standard InChI is InChI=1S/C13H23N5O3/c1-10(2)5-3-4-6-14-13(21)15-7-11-8-18(17-16-11)9-12(19)20/h8,10H,3-7,9H2,1-2H3,(H,19,20)(H2,14,15,21). The van der Waals surface area contributed by atoms with Gasteiger partial charge >= 0.3 is 12.0 Å². The molecule has 1 aromatic rings. The van der Waals surface area contributed by atoms with Crippen LogP contribution in [-0.4, -0.2) is 38.6 Å². The molecule has 0 radical (unpaired) electrons. The fourth-order valence-corrected chi connectivity index (χ4v) is 1.75. The molecule has 0 saturated heterocycles. The van der Waals surface area contributed by atoms with E-state index >= 15 is 0 Å². The van der Waals surface area contributed by atoms with E-state index in [2.05, 4.69) is 34.8 Å². The van der Waals surface area contributed by atoms with Crippen molar-refractivity contribution in [1.29, 1.82) is 0 Å². The molecule has 0 unspecified atom stereocenters. The second-order valence-corrected chi connectivity index (χ2v) is 5.30. The Morgan fingerprint density at radius 2 is 2.10 bits per heavy atom. The molecule has 3 N–H and O–H groups in total. The summed E-state index contributed by atoms with van der Waals surface area (Å²) in [5, 5.41) is 21.4. The van der Waals surface area contributed by atoms with E-state index in [0.717, 1.165) is 19.3 Å². The molecule has 1 heterocycles. The van der Waals surface area contributed by atoms with E-state index < -0.39 is 5.97 Å². The minimum absolute atomic E-state index is 0.220. The van der Waals surface area contributed by atoms with Gasteiger partial charge in [-0.25, -0.2) is 9.48 Å². The number of hydrogen-bond acceptors (Lipinski definition) is 4. The van der Waals surface area contributed by atoms with Crippen molar-refractivity contribution in [3.8, 4) is 0 Å². The van der Waals surface area contributed by atoms with E-state index in [0.29, 0.717) is 18.2 Å². The minimum atomic E-state index is -0.987. The molecule has 1 rings (SSSR count). The summed E-state index contributed by atoms with van der Waals surface area (Å²) in [4.78, 5) is 22.0. The third-order valence-corrected chi connectivity index (χ3v) is 2.81. The van der Waals surface area contributed by atoms with Crippen molar-refractivity contribution in [3.05, 3.63) is 11.9 Å². The summed E-state index contributed by atoms with van der Waals surface area (Å²) in [7, 11) is 0. The molecule has 0 bridgehead atoms. The highest BCUT2D eigenvalue weighted by Crippen LogP contribution is 2.04. The highest BCUT2D eigenvalue weighted by Gasteiger charge is 2.06. The number of aromatic nitrogens is 3. The van der Waals surface area contributed by atoms with Gasteiger partial charge in [-0.05, 0) is 12.3 Å². The number of carbonyl (C=O) groups is 2. The molecule has 0 saturated carbocycles. The fraction of sp³-hybridized carbons (Fsp3) is 0.692. The number of urea groups is 1. The molecule has 8 nitrogen and oxygen atoms in total. The molecule has 21 heavy (non-hydrogen) atoms. The van der Waals surface area contributed by atoms with E-state index in [9.17, 15) is 9.59 Å². The predicted octanol–water partition coefficient (Wildman–Crippen LogP) is 0.988. The van der Waals surface area contributed by atoms with E-state index in [1.165, 1.54) is 10.9 Å². The zero-order chi connectivity index (χ0) is 15.7. The Hall–Kier alpha value is -2.12. The largest absolute Gasteiger partial charge is 0.480 e. The molecule has 118 valence electrons. The predicted molar refractivity (Wildman–Crippen MR) is 76.6 cm³/mol. The number of hydrogen-bond donors (Lipinski definition) is 3. The topological polar surface area (TPSA) is 109 Å². The van der Waals surface area contributed by atoms with E-state index in [1.54, 1.807) is 0 Å². The highest BCUT2D eigenvalue weighted by molar-refractivity contribution is 5.73. The Balaban J connectivity index is 2.15. The first-order valence-electron chi connectivity index (χ1n) is 7.10. The second kappa shape index (κ2) is 8.93. The monoisotopic (exact) mass is 297 g/mol. The van der Waals surface area contributed by atoms with Gasteiger partial charge in [0, 0.05) is 6.54 Å². The number of carbonyl (C=O) groups excluding carboxylic acids is 1. The third-order valence-electron chi connectivity index (χ3n) is 2.81. The summed E-state index contributed by atoms with van der Waals surface area (Å²) in [6.45, 7) is 4.98. The van der Waals surface area contributed by atoms with Gasteiger partial charge in [0.2, 0.25) is 0 Å². The maximum absolute atomic E-state index is 11.5. The molecular formula is C13H23N5O3. The molecule has 0 aliphatic rings. The summed E-state index contributed by atoms with van der Waals surface area (Å²) >= 11 is 0. The summed E-state index contributed by atoms with van der Waals surface area (Å²) < 4.78 is 1.21. The fourth-order valence-electron chi connectivity index (χ4n) is 1.75. The minimum Gasteiger partial charge on any atom is -0.480 e. The van der Waals surface area contributed by atoms with Crippen LogP contribution >= 0.6 is 0 Å². The SMILES string of the molecule is CC(C)CCCCNC(=O)NCc1cn(CC(=O)O)nn1. The van der Waals surface area contributed by atoms with Crippen LogP contribution in [0.4, 0.5) is 4.79 Å². The van der Waals surface area contributed by atoms with Crippen LogP contribution in [0.5, 0.6) is 0 Å². The van der Waals surface area contributed by atoms with Crippen LogP contribution in [0.25, 0.3) is 0 Å². The van der Waals surface area contributed by atoms with Crippen LogP contribution in [0.2, 0.25) is 0 Å². The third kappa shape index (κ3) is 7.91. The van der Waals surface area contributed by atoms with Crippen molar-refractivity contribution in [2.24, 2.45) is 5.92 Å². The maximum Gasteiger partial charge on any atom is 0.325 e.